The van der Waals surface area contributed by atoms with E-state index < -0.39 is 0 Å². The first-order valence-corrected chi connectivity index (χ1v) is 12.3. The number of fused-ring (bicyclic) bond motifs is 2. The van der Waals surface area contributed by atoms with Crippen LogP contribution < -0.4 is 15.0 Å². The van der Waals surface area contributed by atoms with Gasteiger partial charge in [0.05, 0.1) is 16.7 Å². The maximum Gasteiger partial charge on any atom is 0.262 e. The van der Waals surface area contributed by atoms with Crippen molar-refractivity contribution in [2.24, 2.45) is 0 Å². The number of hydrogen-bond donors (Lipinski definition) is 0. The Balaban J connectivity index is 1.42. The Bertz CT molecular complexity index is 1330. The molecule has 0 spiro atoms. The van der Waals surface area contributed by atoms with Gasteiger partial charge in [-0.1, -0.05) is 23.8 Å². The molecule has 3 heterocycles. The van der Waals surface area contributed by atoms with Gasteiger partial charge in [-0.2, -0.15) is 4.98 Å². The smallest absolute Gasteiger partial charge is 0.262 e. The van der Waals surface area contributed by atoms with Crippen LogP contribution in [0.5, 0.6) is 11.5 Å². The van der Waals surface area contributed by atoms with E-state index in [1.54, 1.807) is 28.5 Å². The zero-order valence-electron chi connectivity index (χ0n) is 17.5. The molecule has 0 aliphatic carbocycles. The maximum atomic E-state index is 13.2. The molecule has 0 N–H and O–H groups in total. The monoisotopic (exact) mass is 468 g/mol. The average molecular weight is 469 g/mol. The molecule has 5 rings (SSSR count). The lowest BCUT2D eigenvalue weighted by molar-refractivity contribution is 0.174. The second-order valence-electron chi connectivity index (χ2n) is 7.10. The van der Waals surface area contributed by atoms with Gasteiger partial charge in [0.1, 0.15) is 0 Å². The molecule has 1 aliphatic heterocycles. The highest BCUT2D eigenvalue weighted by Gasteiger charge is 2.19. The fourth-order valence-corrected chi connectivity index (χ4v) is 4.69. The van der Waals surface area contributed by atoms with Gasteiger partial charge in [0.15, 0.2) is 16.7 Å². The third-order valence-electron chi connectivity index (χ3n) is 5.00. The minimum atomic E-state index is -0.0993. The molecule has 32 heavy (non-hydrogen) atoms. The van der Waals surface area contributed by atoms with E-state index in [1.165, 1.54) is 16.7 Å². The lowest BCUT2D eigenvalue weighted by Crippen LogP contribution is -2.23. The Hall–Kier alpha value is -2.98. The van der Waals surface area contributed by atoms with Crippen LogP contribution in [0.15, 0.2) is 55.8 Å². The lowest BCUT2D eigenvalue weighted by atomic mass is 10.2. The molecule has 4 aromatic rings. The molecule has 0 saturated heterocycles. The fourth-order valence-electron chi connectivity index (χ4n) is 3.42. The molecular weight excluding hydrogens is 448 g/mol. The van der Waals surface area contributed by atoms with Crippen LogP contribution in [0.25, 0.3) is 22.3 Å². The first-order valence-electron chi connectivity index (χ1n) is 10.1. The van der Waals surface area contributed by atoms with Crippen LogP contribution in [-0.4, -0.2) is 32.7 Å². The molecule has 1 aliphatic rings. The third-order valence-corrected chi connectivity index (χ3v) is 6.71. The first kappa shape index (κ1) is 20.9. The molecule has 2 aromatic heterocycles. The molecule has 0 bridgehead atoms. The number of rotatable bonds is 7. The quantitative estimate of drug-likeness (QED) is 0.285. The van der Waals surface area contributed by atoms with Gasteiger partial charge in [-0.25, -0.2) is 4.98 Å². The maximum absolute atomic E-state index is 13.2. The van der Waals surface area contributed by atoms with Crippen molar-refractivity contribution in [3.8, 4) is 22.9 Å². The Morgan fingerprint density at radius 2 is 1.88 bits per heavy atom. The largest absolute Gasteiger partial charge is 0.454 e. The molecular formula is C22H20N4O4S2. The SMILES string of the molecule is CCCn1c(SCc2nc(-c3ccc(SC)cc3)no2)nc2cc3c(cc2c1=O)OCO3. The predicted octanol–water partition coefficient (Wildman–Crippen LogP) is 4.60. The topological polar surface area (TPSA) is 92.3 Å². The number of nitrogens with zero attached hydrogens (tertiary/aromatic N) is 4. The summed E-state index contributed by atoms with van der Waals surface area (Å²) in [6.45, 7) is 2.74. The molecule has 0 unspecified atom stereocenters. The highest BCUT2D eigenvalue weighted by Crippen LogP contribution is 2.35. The van der Waals surface area contributed by atoms with Crippen LogP contribution in [-0.2, 0) is 12.3 Å². The summed E-state index contributed by atoms with van der Waals surface area (Å²) in [5, 5.41) is 5.21. The summed E-state index contributed by atoms with van der Waals surface area (Å²) >= 11 is 3.08. The molecule has 0 amide bonds. The van der Waals surface area contributed by atoms with Gasteiger partial charge in [0, 0.05) is 23.1 Å². The highest BCUT2D eigenvalue weighted by atomic mass is 32.2. The number of thioether (sulfide) groups is 2. The van der Waals surface area contributed by atoms with E-state index in [9.17, 15) is 4.79 Å². The summed E-state index contributed by atoms with van der Waals surface area (Å²) < 4.78 is 18.0. The van der Waals surface area contributed by atoms with Gasteiger partial charge in [-0.3, -0.25) is 9.36 Å². The van der Waals surface area contributed by atoms with Crippen LogP contribution in [0.4, 0.5) is 0 Å². The highest BCUT2D eigenvalue weighted by molar-refractivity contribution is 7.98. The number of hydrogen-bond acceptors (Lipinski definition) is 9. The van der Waals surface area contributed by atoms with Crippen LogP contribution in [0.2, 0.25) is 0 Å². The Morgan fingerprint density at radius 3 is 2.62 bits per heavy atom. The summed E-state index contributed by atoms with van der Waals surface area (Å²) in [5.74, 6) is 2.59. The number of aromatic nitrogens is 4. The summed E-state index contributed by atoms with van der Waals surface area (Å²) in [6, 6.07) is 11.5. The Morgan fingerprint density at radius 1 is 1.09 bits per heavy atom. The van der Waals surface area contributed by atoms with E-state index in [0.717, 1.165) is 12.0 Å². The van der Waals surface area contributed by atoms with Crippen LogP contribution in [0.3, 0.4) is 0 Å². The van der Waals surface area contributed by atoms with Gasteiger partial charge < -0.3 is 14.0 Å². The first-order chi connectivity index (χ1) is 15.7. The van der Waals surface area contributed by atoms with Gasteiger partial charge in [-0.05, 0) is 43.0 Å². The minimum Gasteiger partial charge on any atom is -0.454 e. The summed E-state index contributed by atoms with van der Waals surface area (Å²) in [7, 11) is 0. The molecule has 0 radical (unpaired) electrons. The van der Waals surface area contributed by atoms with Crippen molar-refractivity contribution in [3.05, 3.63) is 52.6 Å². The number of benzene rings is 2. The molecule has 0 fully saturated rings. The second kappa shape index (κ2) is 8.87. The van der Waals surface area contributed by atoms with Crippen LogP contribution >= 0.6 is 23.5 Å². The van der Waals surface area contributed by atoms with Gasteiger partial charge >= 0.3 is 0 Å². The molecule has 10 heteroatoms. The average Bonchev–Trinajstić information content (AvgIpc) is 3.48. The lowest BCUT2D eigenvalue weighted by Gasteiger charge is -2.12. The fraction of sp³-hybridized carbons (Fsp3) is 0.273. The van der Waals surface area contributed by atoms with Crippen molar-refractivity contribution in [1.82, 2.24) is 19.7 Å². The van der Waals surface area contributed by atoms with Crippen molar-refractivity contribution in [3.63, 3.8) is 0 Å². The van der Waals surface area contributed by atoms with E-state index in [4.69, 9.17) is 19.0 Å². The predicted molar refractivity (Wildman–Crippen MR) is 123 cm³/mol. The molecule has 0 atom stereocenters. The molecule has 8 nitrogen and oxygen atoms in total. The zero-order chi connectivity index (χ0) is 22.1. The van der Waals surface area contributed by atoms with E-state index in [1.807, 2.05) is 37.4 Å². The van der Waals surface area contributed by atoms with Crippen molar-refractivity contribution in [2.45, 2.75) is 35.7 Å². The van der Waals surface area contributed by atoms with E-state index in [2.05, 4.69) is 10.1 Å². The standard InChI is InChI=1S/C22H20N4O4S2/c1-3-8-26-21(27)15-9-17-18(29-12-28-17)10-16(15)23-22(26)32-11-19-24-20(25-30-19)13-4-6-14(31-2)7-5-13/h4-7,9-10H,3,8,11-12H2,1-2H3. The molecule has 2 aromatic carbocycles. The molecule has 0 saturated carbocycles. The number of ether oxygens (including phenoxy) is 2. The molecule has 164 valence electrons. The van der Waals surface area contributed by atoms with Gasteiger partial charge in [0.25, 0.3) is 5.56 Å². The van der Waals surface area contributed by atoms with Crippen molar-refractivity contribution in [2.75, 3.05) is 13.0 Å². The third kappa shape index (κ3) is 3.95. The normalized spacial score (nSPS) is 12.6. The summed E-state index contributed by atoms with van der Waals surface area (Å²) in [6.07, 6.45) is 2.84. The second-order valence-corrected chi connectivity index (χ2v) is 8.92. The van der Waals surface area contributed by atoms with E-state index in [-0.39, 0.29) is 12.4 Å². The van der Waals surface area contributed by atoms with Crippen LogP contribution in [0.1, 0.15) is 19.2 Å². The van der Waals surface area contributed by atoms with Gasteiger partial charge in [-0.15, -0.1) is 11.8 Å². The van der Waals surface area contributed by atoms with Crippen molar-refractivity contribution in [1.29, 1.82) is 0 Å². The van der Waals surface area contributed by atoms with Crippen LogP contribution in [0, 0.1) is 0 Å². The Kier molecular flexibility index (Phi) is 5.79. The van der Waals surface area contributed by atoms with Gasteiger partial charge in [0.2, 0.25) is 18.5 Å². The zero-order valence-corrected chi connectivity index (χ0v) is 19.2. The summed E-state index contributed by atoms with van der Waals surface area (Å²) in [5.41, 5.74) is 1.37. The summed E-state index contributed by atoms with van der Waals surface area (Å²) in [4.78, 5) is 23.6. The van der Waals surface area contributed by atoms with E-state index >= 15 is 0 Å². The van der Waals surface area contributed by atoms with Crippen molar-refractivity contribution >= 4 is 34.4 Å². The van der Waals surface area contributed by atoms with Crippen molar-refractivity contribution < 1.29 is 14.0 Å². The Labute approximate surface area is 192 Å². The minimum absolute atomic E-state index is 0.0993. The van der Waals surface area contributed by atoms with E-state index in [0.29, 0.717) is 51.6 Å².